The number of nitrogens with zero attached hydrogens (tertiary/aromatic N) is 6. The molecule has 3 rings (SSSR count). The maximum absolute atomic E-state index is 10.9. The molecule has 0 saturated carbocycles. The van der Waals surface area contributed by atoms with Crippen molar-refractivity contribution in [2.24, 2.45) is 0 Å². The van der Waals surface area contributed by atoms with Gasteiger partial charge < -0.3 is 15.0 Å². The zero-order chi connectivity index (χ0) is 14.8. The third-order valence-electron chi connectivity index (χ3n) is 3.08. The van der Waals surface area contributed by atoms with Crippen LogP contribution < -0.4 is 4.90 Å². The van der Waals surface area contributed by atoms with Crippen LogP contribution in [0.3, 0.4) is 0 Å². The van der Waals surface area contributed by atoms with Crippen molar-refractivity contribution in [3.05, 3.63) is 58.5 Å². The number of rotatable bonds is 4. The predicted octanol–water partition coefficient (Wildman–Crippen LogP) is 1.67. The highest BCUT2D eigenvalue weighted by Gasteiger charge is 2.17. The molecule has 3 heterocycles. The Hall–Kier alpha value is -3.03. The number of aromatic nitrogens is 4. The Morgan fingerprint density at radius 2 is 2.05 bits per heavy atom. The third-order valence-corrected chi connectivity index (χ3v) is 3.08. The fraction of sp³-hybridized carbons (Fsp3) is 0.154. The standard InChI is InChI=1S/C13H12N6O2/c1-17(9-10-4-6-14-7-5-10)12-3-2-11-15-8-13(19(20)21)18(11)16-12/h2-8H,9H2,1H3. The van der Waals surface area contributed by atoms with Crippen LogP contribution in [0.25, 0.3) is 5.65 Å². The minimum Gasteiger partial charge on any atom is -0.358 e. The van der Waals surface area contributed by atoms with Crippen molar-refractivity contribution in [3.8, 4) is 0 Å². The number of imidazole rings is 1. The van der Waals surface area contributed by atoms with Crippen LogP contribution in [-0.4, -0.2) is 31.6 Å². The van der Waals surface area contributed by atoms with E-state index in [9.17, 15) is 10.1 Å². The Kier molecular flexibility index (Phi) is 3.19. The van der Waals surface area contributed by atoms with E-state index in [0.29, 0.717) is 18.0 Å². The Balaban J connectivity index is 1.93. The SMILES string of the molecule is CN(Cc1ccncc1)c1ccc2ncc([N+](=O)[O-])n2n1. The second-order valence-electron chi connectivity index (χ2n) is 4.55. The van der Waals surface area contributed by atoms with Gasteiger partial charge in [-0.15, -0.1) is 0 Å². The Bertz CT molecular complexity index is 786. The summed E-state index contributed by atoms with van der Waals surface area (Å²) in [7, 11) is 1.87. The summed E-state index contributed by atoms with van der Waals surface area (Å²) in [6, 6.07) is 7.31. The van der Waals surface area contributed by atoms with Gasteiger partial charge in [0.15, 0.2) is 5.82 Å². The summed E-state index contributed by atoms with van der Waals surface area (Å²) in [4.78, 5) is 20.3. The first kappa shape index (κ1) is 13.0. The highest BCUT2D eigenvalue weighted by Crippen LogP contribution is 2.17. The molecule has 21 heavy (non-hydrogen) atoms. The first-order chi connectivity index (χ1) is 10.1. The molecule has 0 fully saturated rings. The molecular formula is C13H12N6O2. The van der Waals surface area contributed by atoms with E-state index in [1.54, 1.807) is 24.5 Å². The van der Waals surface area contributed by atoms with E-state index < -0.39 is 4.92 Å². The maximum atomic E-state index is 10.9. The lowest BCUT2D eigenvalue weighted by molar-refractivity contribution is -0.391. The zero-order valence-electron chi connectivity index (χ0n) is 11.2. The van der Waals surface area contributed by atoms with Gasteiger partial charge in [-0.2, -0.15) is 0 Å². The number of pyridine rings is 1. The van der Waals surface area contributed by atoms with Crippen LogP contribution in [0.1, 0.15) is 5.56 Å². The van der Waals surface area contributed by atoms with Crippen LogP contribution in [0.15, 0.2) is 42.9 Å². The Labute approximate surface area is 119 Å². The Morgan fingerprint density at radius 1 is 1.29 bits per heavy atom. The molecule has 0 bridgehead atoms. The van der Waals surface area contributed by atoms with Crippen LogP contribution in [0, 0.1) is 10.1 Å². The van der Waals surface area contributed by atoms with Crippen LogP contribution in [0.5, 0.6) is 0 Å². The molecular weight excluding hydrogens is 272 g/mol. The lowest BCUT2D eigenvalue weighted by Crippen LogP contribution is -2.18. The van der Waals surface area contributed by atoms with E-state index in [0.717, 1.165) is 5.56 Å². The van der Waals surface area contributed by atoms with Crippen molar-refractivity contribution >= 4 is 17.3 Å². The van der Waals surface area contributed by atoms with E-state index in [1.165, 1.54) is 10.7 Å². The normalized spacial score (nSPS) is 10.7. The molecule has 3 aromatic heterocycles. The molecule has 8 heteroatoms. The van der Waals surface area contributed by atoms with Gasteiger partial charge in [-0.25, -0.2) is 4.98 Å². The average molecular weight is 284 g/mol. The van der Waals surface area contributed by atoms with E-state index >= 15 is 0 Å². The number of hydrogen-bond acceptors (Lipinski definition) is 6. The maximum Gasteiger partial charge on any atom is 0.368 e. The molecule has 8 nitrogen and oxygen atoms in total. The highest BCUT2D eigenvalue weighted by molar-refractivity contribution is 5.49. The van der Waals surface area contributed by atoms with Crippen molar-refractivity contribution in [2.45, 2.75) is 6.54 Å². The minimum absolute atomic E-state index is 0.149. The minimum atomic E-state index is -0.500. The topological polar surface area (TPSA) is 89.5 Å². The quantitative estimate of drug-likeness (QED) is 0.534. The largest absolute Gasteiger partial charge is 0.368 e. The monoisotopic (exact) mass is 284 g/mol. The third kappa shape index (κ3) is 2.50. The van der Waals surface area contributed by atoms with Gasteiger partial charge in [0.2, 0.25) is 5.65 Å². The summed E-state index contributed by atoms with van der Waals surface area (Å²) in [5.74, 6) is 0.476. The summed E-state index contributed by atoms with van der Waals surface area (Å²) in [6.07, 6.45) is 4.65. The van der Waals surface area contributed by atoms with Gasteiger partial charge in [-0.05, 0) is 28.7 Å². The van der Waals surface area contributed by atoms with Crippen molar-refractivity contribution < 1.29 is 4.92 Å². The molecule has 0 unspecified atom stereocenters. The molecule has 0 aliphatic heterocycles. The molecule has 0 saturated heterocycles. The zero-order valence-corrected chi connectivity index (χ0v) is 11.2. The molecule has 0 aromatic carbocycles. The second kappa shape index (κ2) is 5.16. The van der Waals surface area contributed by atoms with Gasteiger partial charge in [0.1, 0.15) is 6.20 Å². The smallest absolute Gasteiger partial charge is 0.358 e. The molecule has 106 valence electrons. The Morgan fingerprint density at radius 3 is 2.76 bits per heavy atom. The fourth-order valence-electron chi connectivity index (χ4n) is 2.02. The molecule has 0 aliphatic carbocycles. The second-order valence-corrected chi connectivity index (χ2v) is 4.55. The van der Waals surface area contributed by atoms with E-state index in [1.807, 2.05) is 24.1 Å². The molecule has 3 aromatic rings. The van der Waals surface area contributed by atoms with Crippen molar-refractivity contribution in [2.75, 3.05) is 11.9 Å². The molecule has 0 atom stereocenters. The lowest BCUT2D eigenvalue weighted by atomic mass is 10.2. The van der Waals surface area contributed by atoms with Gasteiger partial charge in [0.05, 0.1) is 0 Å². The van der Waals surface area contributed by atoms with Crippen LogP contribution >= 0.6 is 0 Å². The lowest BCUT2D eigenvalue weighted by Gasteiger charge is -2.16. The van der Waals surface area contributed by atoms with E-state index in [4.69, 9.17) is 0 Å². The fourth-order valence-corrected chi connectivity index (χ4v) is 2.02. The number of fused-ring (bicyclic) bond motifs is 1. The average Bonchev–Trinajstić information content (AvgIpc) is 2.91. The summed E-state index contributed by atoms with van der Waals surface area (Å²) >= 11 is 0. The van der Waals surface area contributed by atoms with Gasteiger partial charge in [-0.1, -0.05) is 9.61 Å². The molecule has 0 spiro atoms. The number of anilines is 1. The van der Waals surface area contributed by atoms with Crippen LogP contribution in [0.2, 0.25) is 0 Å². The molecule has 0 radical (unpaired) electrons. The summed E-state index contributed by atoms with van der Waals surface area (Å²) in [6.45, 7) is 0.628. The van der Waals surface area contributed by atoms with Crippen LogP contribution in [0.4, 0.5) is 11.6 Å². The van der Waals surface area contributed by atoms with E-state index in [2.05, 4.69) is 15.1 Å². The molecule has 0 aliphatic rings. The summed E-state index contributed by atoms with van der Waals surface area (Å²) in [5, 5.41) is 15.2. The van der Waals surface area contributed by atoms with Gasteiger partial charge in [-0.3, -0.25) is 4.98 Å². The summed E-state index contributed by atoms with van der Waals surface area (Å²) < 4.78 is 1.23. The first-order valence-corrected chi connectivity index (χ1v) is 6.24. The molecule has 0 N–H and O–H groups in total. The molecule has 0 amide bonds. The highest BCUT2D eigenvalue weighted by atomic mass is 16.6. The first-order valence-electron chi connectivity index (χ1n) is 6.24. The van der Waals surface area contributed by atoms with Crippen LogP contribution in [-0.2, 0) is 6.54 Å². The van der Waals surface area contributed by atoms with Crippen molar-refractivity contribution in [3.63, 3.8) is 0 Å². The van der Waals surface area contributed by atoms with Crippen molar-refractivity contribution in [1.82, 2.24) is 19.6 Å². The number of hydrogen-bond donors (Lipinski definition) is 0. The van der Waals surface area contributed by atoms with Gasteiger partial charge in [0, 0.05) is 32.1 Å². The van der Waals surface area contributed by atoms with Gasteiger partial charge >= 0.3 is 5.82 Å². The van der Waals surface area contributed by atoms with Crippen molar-refractivity contribution in [1.29, 1.82) is 0 Å². The number of nitro groups is 1. The van der Waals surface area contributed by atoms with Gasteiger partial charge in [0.25, 0.3) is 0 Å². The van der Waals surface area contributed by atoms with E-state index in [-0.39, 0.29) is 5.82 Å². The predicted molar refractivity (Wildman–Crippen MR) is 76.0 cm³/mol. The summed E-state index contributed by atoms with van der Waals surface area (Å²) in [5.41, 5.74) is 1.53.